The highest BCUT2D eigenvalue weighted by molar-refractivity contribution is 7.10. The number of pyridine rings is 1. The van der Waals surface area contributed by atoms with Crippen LogP contribution in [-0.4, -0.2) is 4.98 Å². The Bertz CT molecular complexity index is 425. The maximum atomic E-state index is 5.77. The van der Waals surface area contributed by atoms with Crippen molar-refractivity contribution in [2.45, 2.75) is 19.5 Å². The summed E-state index contributed by atoms with van der Waals surface area (Å²) in [6.45, 7) is 2.91. The van der Waals surface area contributed by atoms with Gasteiger partial charge in [0.1, 0.15) is 0 Å². The Kier molecular flexibility index (Phi) is 3.93. The predicted molar refractivity (Wildman–Crippen MR) is 68.8 cm³/mol. The molecule has 4 heteroatoms. The van der Waals surface area contributed by atoms with Gasteiger partial charge in [0.05, 0.1) is 10.7 Å². The van der Waals surface area contributed by atoms with E-state index in [2.05, 4.69) is 34.7 Å². The van der Waals surface area contributed by atoms with Crippen molar-refractivity contribution in [2.24, 2.45) is 0 Å². The molecule has 1 N–H and O–H groups in total. The molecule has 2 aromatic rings. The van der Waals surface area contributed by atoms with Crippen LogP contribution in [0.3, 0.4) is 0 Å². The number of hydrogen-bond acceptors (Lipinski definition) is 3. The van der Waals surface area contributed by atoms with Gasteiger partial charge in [0.25, 0.3) is 0 Å². The van der Waals surface area contributed by atoms with Gasteiger partial charge in [-0.25, -0.2) is 0 Å². The maximum Gasteiger partial charge on any atom is 0.0589 e. The fourth-order valence-electron chi connectivity index (χ4n) is 1.41. The number of aromatic nitrogens is 1. The largest absolute Gasteiger partial charge is 0.304 e. The van der Waals surface area contributed by atoms with Crippen molar-refractivity contribution in [3.05, 3.63) is 51.4 Å². The zero-order valence-corrected chi connectivity index (χ0v) is 10.6. The quantitative estimate of drug-likeness (QED) is 0.899. The van der Waals surface area contributed by atoms with Crippen molar-refractivity contribution in [2.75, 3.05) is 0 Å². The van der Waals surface area contributed by atoms with E-state index in [0.717, 1.165) is 12.2 Å². The van der Waals surface area contributed by atoms with Crippen molar-refractivity contribution >= 4 is 22.9 Å². The van der Waals surface area contributed by atoms with E-state index in [1.54, 1.807) is 17.5 Å². The van der Waals surface area contributed by atoms with Gasteiger partial charge in [0.15, 0.2) is 0 Å². The predicted octanol–water partition coefficient (Wildman–Crippen LogP) is 3.65. The molecule has 0 aliphatic carbocycles. The van der Waals surface area contributed by atoms with Crippen molar-refractivity contribution in [1.82, 2.24) is 10.3 Å². The third kappa shape index (κ3) is 3.04. The first-order valence-corrected chi connectivity index (χ1v) is 6.38. The first-order chi connectivity index (χ1) is 7.75. The SMILES string of the molecule is CC(NCc1ccc(Cl)cn1)c1cccs1. The van der Waals surface area contributed by atoms with E-state index in [-0.39, 0.29) is 0 Å². The minimum atomic E-state index is 0.359. The van der Waals surface area contributed by atoms with E-state index in [4.69, 9.17) is 11.6 Å². The Balaban J connectivity index is 1.90. The van der Waals surface area contributed by atoms with Crippen LogP contribution in [0, 0.1) is 0 Å². The Morgan fingerprint density at radius 2 is 2.31 bits per heavy atom. The number of nitrogens with zero attached hydrogens (tertiary/aromatic N) is 1. The lowest BCUT2D eigenvalue weighted by molar-refractivity contribution is 0.575. The van der Waals surface area contributed by atoms with Crippen LogP contribution in [0.2, 0.25) is 5.02 Å². The second-order valence-electron chi connectivity index (χ2n) is 3.59. The van der Waals surface area contributed by atoms with Crippen molar-refractivity contribution < 1.29 is 0 Å². The molecular weight excluding hydrogens is 240 g/mol. The zero-order chi connectivity index (χ0) is 11.4. The van der Waals surface area contributed by atoms with Crippen LogP contribution in [-0.2, 0) is 6.54 Å². The molecular formula is C12H13ClN2S. The second kappa shape index (κ2) is 5.43. The highest BCUT2D eigenvalue weighted by Crippen LogP contribution is 2.18. The van der Waals surface area contributed by atoms with Crippen LogP contribution >= 0.6 is 22.9 Å². The van der Waals surface area contributed by atoms with Gasteiger partial charge in [-0.05, 0) is 30.5 Å². The van der Waals surface area contributed by atoms with Crippen LogP contribution in [0.1, 0.15) is 23.5 Å². The molecule has 16 heavy (non-hydrogen) atoms. The van der Waals surface area contributed by atoms with Crippen molar-refractivity contribution in [3.63, 3.8) is 0 Å². The molecule has 0 aliphatic rings. The summed E-state index contributed by atoms with van der Waals surface area (Å²) in [7, 11) is 0. The molecule has 0 saturated heterocycles. The summed E-state index contributed by atoms with van der Waals surface area (Å²) in [4.78, 5) is 5.58. The van der Waals surface area contributed by atoms with E-state index in [1.165, 1.54) is 4.88 Å². The lowest BCUT2D eigenvalue weighted by atomic mass is 10.2. The van der Waals surface area contributed by atoms with E-state index >= 15 is 0 Å². The minimum Gasteiger partial charge on any atom is -0.304 e. The van der Waals surface area contributed by atoms with Crippen molar-refractivity contribution in [3.8, 4) is 0 Å². The minimum absolute atomic E-state index is 0.359. The average molecular weight is 253 g/mol. The first-order valence-electron chi connectivity index (χ1n) is 5.13. The summed E-state index contributed by atoms with van der Waals surface area (Å²) in [5, 5.41) is 6.19. The van der Waals surface area contributed by atoms with E-state index < -0.39 is 0 Å². The Hall–Kier alpha value is -0.900. The number of thiophene rings is 1. The number of hydrogen-bond donors (Lipinski definition) is 1. The molecule has 0 spiro atoms. The maximum absolute atomic E-state index is 5.77. The fraction of sp³-hybridized carbons (Fsp3) is 0.250. The summed E-state index contributed by atoms with van der Waals surface area (Å²) in [5.74, 6) is 0. The number of halogens is 1. The van der Waals surface area contributed by atoms with Crippen LogP contribution in [0.25, 0.3) is 0 Å². The molecule has 0 amide bonds. The highest BCUT2D eigenvalue weighted by Gasteiger charge is 2.05. The van der Waals surface area contributed by atoms with Crippen LogP contribution < -0.4 is 5.32 Å². The molecule has 1 atom stereocenters. The summed E-state index contributed by atoms with van der Waals surface area (Å²) in [5.41, 5.74) is 1.01. The van der Waals surface area contributed by atoms with Gasteiger partial charge in [0.2, 0.25) is 0 Å². The van der Waals surface area contributed by atoms with Gasteiger partial charge in [-0.3, -0.25) is 4.98 Å². The summed E-state index contributed by atoms with van der Waals surface area (Å²) in [6.07, 6.45) is 1.67. The van der Waals surface area contributed by atoms with Gasteiger partial charge in [-0.2, -0.15) is 0 Å². The van der Waals surface area contributed by atoms with Gasteiger partial charge in [-0.15, -0.1) is 11.3 Å². The molecule has 0 saturated carbocycles. The number of rotatable bonds is 4. The molecule has 1 unspecified atom stereocenters. The Labute approximate surface area is 104 Å². The third-order valence-corrected chi connectivity index (χ3v) is 3.63. The lowest BCUT2D eigenvalue weighted by Gasteiger charge is -2.11. The number of nitrogens with one attached hydrogen (secondary N) is 1. The van der Waals surface area contributed by atoms with Gasteiger partial charge in [0, 0.05) is 23.7 Å². The zero-order valence-electron chi connectivity index (χ0n) is 8.98. The Morgan fingerprint density at radius 1 is 1.44 bits per heavy atom. The highest BCUT2D eigenvalue weighted by atomic mass is 35.5. The molecule has 0 radical (unpaired) electrons. The fourth-order valence-corrected chi connectivity index (χ4v) is 2.28. The van der Waals surface area contributed by atoms with Crippen LogP contribution in [0.4, 0.5) is 0 Å². The molecule has 0 aromatic carbocycles. The topological polar surface area (TPSA) is 24.9 Å². The van der Waals surface area contributed by atoms with Crippen LogP contribution in [0.15, 0.2) is 35.8 Å². The van der Waals surface area contributed by atoms with Crippen LogP contribution in [0.5, 0.6) is 0 Å². The smallest absolute Gasteiger partial charge is 0.0589 e. The molecule has 2 nitrogen and oxygen atoms in total. The molecule has 2 aromatic heterocycles. The second-order valence-corrected chi connectivity index (χ2v) is 5.00. The Morgan fingerprint density at radius 3 is 2.94 bits per heavy atom. The first kappa shape index (κ1) is 11.6. The van der Waals surface area contributed by atoms with E-state index in [1.807, 2.05) is 12.1 Å². The molecule has 0 fully saturated rings. The monoisotopic (exact) mass is 252 g/mol. The molecule has 0 bridgehead atoms. The summed E-state index contributed by atoms with van der Waals surface area (Å²) < 4.78 is 0. The van der Waals surface area contributed by atoms with Gasteiger partial charge in [-0.1, -0.05) is 17.7 Å². The molecule has 84 valence electrons. The normalized spacial score (nSPS) is 12.6. The summed E-state index contributed by atoms with van der Waals surface area (Å²) in [6, 6.07) is 8.37. The molecule has 0 aliphatic heterocycles. The molecule has 2 rings (SSSR count). The van der Waals surface area contributed by atoms with Gasteiger partial charge < -0.3 is 5.32 Å². The molecule has 2 heterocycles. The van der Waals surface area contributed by atoms with E-state index in [9.17, 15) is 0 Å². The average Bonchev–Trinajstić information content (AvgIpc) is 2.81. The van der Waals surface area contributed by atoms with Crippen molar-refractivity contribution in [1.29, 1.82) is 0 Å². The standard InChI is InChI=1S/C12H13ClN2S/c1-9(12-3-2-6-16-12)14-8-11-5-4-10(13)7-15-11/h2-7,9,14H,8H2,1H3. The van der Waals surface area contributed by atoms with Gasteiger partial charge >= 0.3 is 0 Å². The van der Waals surface area contributed by atoms with E-state index in [0.29, 0.717) is 11.1 Å². The third-order valence-electron chi connectivity index (χ3n) is 2.35. The lowest BCUT2D eigenvalue weighted by Crippen LogP contribution is -2.17. The summed E-state index contributed by atoms with van der Waals surface area (Å²) >= 11 is 7.54.